The summed E-state index contributed by atoms with van der Waals surface area (Å²) in [4.78, 5) is 0. The fraction of sp³-hybridized carbons (Fsp3) is 0.261. The van der Waals surface area contributed by atoms with Crippen molar-refractivity contribution in [2.24, 2.45) is 0 Å². The summed E-state index contributed by atoms with van der Waals surface area (Å²) in [6, 6.07) is 44.3. The molecule has 2 aliphatic heterocycles. The van der Waals surface area contributed by atoms with E-state index in [2.05, 4.69) is 177 Å². The molecule has 52 heavy (non-hydrogen) atoms. The fourth-order valence-corrected chi connectivity index (χ4v) is 7.83. The van der Waals surface area contributed by atoms with Crippen LogP contribution >= 0.6 is 0 Å². The zero-order valence-corrected chi connectivity index (χ0v) is 31.3. The highest BCUT2D eigenvalue weighted by molar-refractivity contribution is 6.63. The molecule has 0 aliphatic carbocycles. The first kappa shape index (κ1) is 33.4. The maximum Gasteiger partial charge on any atom is 0.494 e. The van der Waals surface area contributed by atoms with Crippen molar-refractivity contribution < 1.29 is 18.6 Å². The molecule has 2 heterocycles. The summed E-state index contributed by atoms with van der Waals surface area (Å²) in [6.45, 7) is 16.9. The van der Waals surface area contributed by atoms with E-state index >= 15 is 0 Å². The van der Waals surface area contributed by atoms with Crippen molar-refractivity contribution in [3.8, 4) is 22.3 Å². The van der Waals surface area contributed by atoms with Crippen LogP contribution in [0.4, 0.5) is 0 Å². The Morgan fingerprint density at radius 3 is 1.06 bits per heavy atom. The second-order valence-electron chi connectivity index (χ2n) is 16.7. The molecule has 6 heteroatoms. The van der Waals surface area contributed by atoms with Gasteiger partial charge in [0.15, 0.2) is 0 Å². The van der Waals surface area contributed by atoms with Gasteiger partial charge in [0.2, 0.25) is 0 Å². The van der Waals surface area contributed by atoms with E-state index in [9.17, 15) is 0 Å². The van der Waals surface area contributed by atoms with Gasteiger partial charge in [-0.15, -0.1) is 0 Å². The van der Waals surface area contributed by atoms with Crippen LogP contribution in [0.3, 0.4) is 0 Å². The van der Waals surface area contributed by atoms with E-state index in [4.69, 9.17) is 18.6 Å². The van der Waals surface area contributed by atoms with Crippen LogP contribution in [-0.2, 0) is 18.6 Å². The minimum absolute atomic E-state index is 0.447. The van der Waals surface area contributed by atoms with Gasteiger partial charge in [0, 0.05) is 0 Å². The fourth-order valence-electron chi connectivity index (χ4n) is 7.83. The average Bonchev–Trinajstić information content (AvgIpc) is 3.48. The van der Waals surface area contributed by atoms with Crippen molar-refractivity contribution in [3.05, 3.63) is 121 Å². The normalized spacial score (nSPS) is 19.0. The van der Waals surface area contributed by atoms with Crippen LogP contribution in [0.1, 0.15) is 55.4 Å². The van der Waals surface area contributed by atoms with Crippen LogP contribution in [-0.4, -0.2) is 36.6 Å². The molecule has 0 aromatic heterocycles. The second-order valence-corrected chi connectivity index (χ2v) is 16.7. The van der Waals surface area contributed by atoms with Crippen LogP contribution in [0, 0.1) is 0 Å². The molecule has 2 aliphatic rings. The summed E-state index contributed by atoms with van der Waals surface area (Å²) >= 11 is 0. The molecule has 9 rings (SSSR count). The van der Waals surface area contributed by atoms with Gasteiger partial charge in [-0.05, 0) is 144 Å². The van der Waals surface area contributed by atoms with E-state index in [0.29, 0.717) is 0 Å². The summed E-state index contributed by atoms with van der Waals surface area (Å²) in [6.07, 6.45) is 0. The van der Waals surface area contributed by atoms with E-state index in [1.807, 2.05) is 0 Å². The second kappa shape index (κ2) is 11.5. The Balaban J connectivity index is 1.36. The van der Waals surface area contributed by atoms with E-state index < -0.39 is 36.6 Å². The molecular formula is C46H44B2O4. The maximum atomic E-state index is 6.61. The third-order valence-electron chi connectivity index (χ3n) is 12.3. The van der Waals surface area contributed by atoms with Crippen LogP contribution in [0.25, 0.3) is 65.3 Å². The van der Waals surface area contributed by atoms with Gasteiger partial charge in [-0.1, -0.05) is 109 Å². The monoisotopic (exact) mass is 682 g/mol. The number of rotatable bonds is 4. The van der Waals surface area contributed by atoms with Crippen LogP contribution in [0.5, 0.6) is 0 Å². The number of hydrogen-bond donors (Lipinski definition) is 0. The molecule has 0 bridgehead atoms. The molecule has 7 aromatic rings. The lowest BCUT2D eigenvalue weighted by molar-refractivity contribution is 0.00578. The standard InChI is InChI=1S/C46H44B2O4/c1-43(2)44(3,4)50-47(49-43)35-21-23-37-39(27-35)41(33-19-17-29-13-9-11-15-31(29)25-33)38-24-22-36(48-51-45(5,6)46(7,8)52-48)28-40(38)42(37)34-20-18-30-14-10-12-16-32(30)26-34/h9-28H,1-8H3. The molecule has 2 saturated heterocycles. The quantitative estimate of drug-likeness (QED) is 0.137. The molecule has 0 radical (unpaired) electrons. The van der Waals surface area contributed by atoms with E-state index in [1.54, 1.807) is 0 Å². The maximum absolute atomic E-state index is 6.61. The summed E-state index contributed by atoms with van der Waals surface area (Å²) in [5.41, 5.74) is 4.90. The predicted molar refractivity (Wildman–Crippen MR) is 219 cm³/mol. The van der Waals surface area contributed by atoms with Crippen molar-refractivity contribution in [2.45, 2.75) is 77.8 Å². The first-order valence-electron chi connectivity index (χ1n) is 18.4. The van der Waals surface area contributed by atoms with Crippen molar-refractivity contribution >= 4 is 68.3 Å². The van der Waals surface area contributed by atoms with Gasteiger partial charge in [-0.3, -0.25) is 0 Å². The minimum atomic E-state index is -0.482. The Bertz CT molecular complexity index is 2360. The molecular weight excluding hydrogens is 638 g/mol. The predicted octanol–water partition coefficient (Wildman–Crippen LogP) is 10.2. The lowest BCUT2D eigenvalue weighted by Crippen LogP contribution is -2.41. The van der Waals surface area contributed by atoms with Gasteiger partial charge in [0.1, 0.15) is 0 Å². The molecule has 0 N–H and O–H groups in total. The molecule has 258 valence electrons. The Morgan fingerprint density at radius 2 is 0.692 bits per heavy atom. The van der Waals surface area contributed by atoms with Crippen LogP contribution in [0.15, 0.2) is 121 Å². The van der Waals surface area contributed by atoms with Gasteiger partial charge in [-0.25, -0.2) is 0 Å². The Morgan fingerprint density at radius 1 is 0.346 bits per heavy atom. The molecule has 4 nitrogen and oxygen atoms in total. The van der Waals surface area contributed by atoms with E-state index in [1.165, 1.54) is 32.7 Å². The van der Waals surface area contributed by atoms with Crippen LogP contribution < -0.4 is 10.9 Å². The largest absolute Gasteiger partial charge is 0.494 e. The molecule has 0 amide bonds. The highest BCUT2D eigenvalue weighted by Crippen LogP contribution is 2.45. The third kappa shape index (κ3) is 5.22. The number of fused-ring (bicyclic) bond motifs is 4. The first-order chi connectivity index (χ1) is 24.7. The van der Waals surface area contributed by atoms with Gasteiger partial charge in [-0.2, -0.15) is 0 Å². The molecule has 7 aromatic carbocycles. The lowest BCUT2D eigenvalue weighted by Gasteiger charge is -2.32. The minimum Gasteiger partial charge on any atom is -0.399 e. The summed E-state index contributed by atoms with van der Waals surface area (Å²) in [5.74, 6) is 0. The van der Waals surface area contributed by atoms with Crippen LogP contribution in [0.2, 0.25) is 0 Å². The molecule has 0 saturated carbocycles. The SMILES string of the molecule is CC1(C)OB(c2ccc3c(-c4ccc5ccccc5c4)c4cc(B5OC(C)(C)C(C)(C)O5)ccc4c(-c4ccc5ccccc5c4)c3c2)OC1(C)C. The average molecular weight is 682 g/mol. The highest BCUT2D eigenvalue weighted by atomic mass is 16.7. The Hall–Kier alpha value is -4.45. The van der Waals surface area contributed by atoms with Gasteiger partial charge < -0.3 is 18.6 Å². The first-order valence-corrected chi connectivity index (χ1v) is 18.4. The van der Waals surface area contributed by atoms with Crippen molar-refractivity contribution in [3.63, 3.8) is 0 Å². The molecule has 2 fully saturated rings. The number of benzene rings is 7. The van der Waals surface area contributed by atoms with Gasteiger partial charge >= 0.3 is 14.2 Å². The molecule has 0 spiro atoms. The van der Waals surface area contributed by atoms with Gasteiger partial charge in [0.05, 0.1) is 22.4 Å². The third-order valence-corrected chi connectivity index (χ3v) is 12.3. The zero-order chi connectivity index (χ0) is 36.2. The Labute approximate surface area is 307 Å². The smallest absolute Gasteiger partial charge is 0.399 e. The Kier molecular flexibility index (Phi) is 7.40. The lowest BCUT2D eigenvalue weighted by atomic mass is 9.74. The highest BCUT2D eigenvalue weighted by Gasteiger charge is 2.53. The number of hydrogen-bond acceptors (Lipinski definition) is 4. The molecule has 0 atom stereocenters. The topological polar surface area (TPSA) is 36.9 Å². The summed E-state index contributed by atoms with van der Waals surface area (Å²) in [5, 5.41) is 9.48. The van der Waals surface area contributed by atoms with E-state index in [0.717, 1.165) is 43.6 Å². The van der Waals surface area contributed by atoms with Crippen molar-refractivity contribution in [2.75, 3.05) is 0 Å². The van der Waals surface area contributed by atoms with Gasteiger partial charge in [0.25, 0.3) is 0 Å². The summed E-state index contributed by atoms with van der Waals surface area (Å²) in [7, 11) is -0.964. The van der Waals surface area contributed by atoms with Crippen molar-refractivity contribution in [1.82, 2.24) is 0 Å². The summed E-state index contributed by atoms with van der Waals surface area (Å²) < 4.78 is 26.4. The van der Waals surface area contributed by atoms with E-state index in [-0.39, 0.29) is 0 Å². The zero-order valence-electron chi connectivity index (χ0n) is 31.3. The molecule has 0 unspecified atom stereocenters. The van der Waals surface area contributed by atoms with Crippen molar-refractivity contribution in [1.29, 1.82) is 0 Å².